The van der Waals surface area contributed by atoms with Crippen LogP contribution >= 0.6 is 0 Å². The van der Waals surface area contributed by atoms with Gasteiger partial charge >= 0.3 is 0 Å². The highest BCUT2D eigenvalue weighted by molar-refractivity contribution is 4.86. The molecule has 0 spiro atoms. The second-order valence-electron chi connectivity index (χ2n) is 5.59. The maximum Gasteiger partial charge on any atom is 0.0195 e. The largest absolute Gasteiger partial charge is 0.317 e. The molecule has 0 saturated carbocycles. The summed E-state index contributed by atoms with van der Waals surface area (Å²) >= 11 is 0. The zero-order valence-corrected chi connectivity index (χ0v) is 11.8. The first kappa shape index (κ1) is 13.9. The molecule has 0 aromatic carbocycles. The van der Waals surface area contributed by atoms with Gasteiger partial charge in [-0.3, -0.25) is 9.80 Å². The molecule has 1 aliphatic rings. The number of hydrogen-bond acceptors (Lipinski definition) is 3. The van der Waals surface area contributed by atoms with Crippen LogP contribution in [0.15, 0.2) is 0 Å². The second-order valence-corrected chi connectivity index (χ2v) is 5.59. The van der Waals surface area contributed by atoms with Crippen molar-refractivity contribution in [2.75, 3.05) is 27.2 Å². The molecule has 4 unspecified atom stereocenters. The van der Waals surface area contributed by atoms with Crippen LogP contribution in [0.25, 0.3) is 0 Å². The lowest BCUT2D eigenvalue weighted by molar-refractivity contribution is 0.0340. The predicted octanol–water partition coefficient (Wildman–Crippen LogP) is 1.40. The van der Waals surface area contributed by atoms with Gasteiger partial charge in [-0.15, -0.1) is 0 Å². The van der Waals surface area contributed by atoms with E-state index in [-0.39, 0.29) is 0 Å². The van der Waals surface area contributed by atoms with Gasteiger partial charge < -0.3 is 5.32 Å². The van der Waals surface area contributed by atoms with Crippen molar-refractivity contribution >= 4 is 0 Å². The highest BCUT2D eigenvalue weighted by Gasteiger charge is 2.29. The number of nitrogens with zero attached hydrogens (tertiary/aromatic N) is 2. The van der Waals surface area contributed by atoms with E-state index in [4.69, 9.17) is 0 Å². The van der Waals surface area contributed by atoms with Crippen molar-refractivity contribution in [1.29, 1.82) is 0 Å². The van der Waals surface area contributed by atoms with Crippen molar-refractivity contribution in [1.82, 2.24) is 15.1 Å². The zero-order valence-electron chi connectivity index (χ0n) is 11.8. The molecule has 1 fully saturated rings. The predicted molar refractivity (Wildman–Crippen MR) is 70.9 cm³/mol. The molecular formula is C13H29N3. The topological polar surface area (TPSA) is 18.5 Å². The fourth-order valence-electron chi connectivity index (χ4n) is 2.58. The van der Waals surface area contributed by atoms with Crippen LogP contribution in [-0.4, -0.2) is 61.2 Å². The van der Waals surface area contributed by atoms with Crippen LogP contribution in [-0.2, 0) is 0 Å². The molecule has 0 bridgehead atoms. The summed E-state index contributed by atoms with van der Waals surface area (Å²) in [5.74, 6) is 0. The van der Waals surface area contributed by atoms with E-state index in [0.29, 0.717) is 24.2 Å². The molecule has 0 aromatic heterocycles. The van der Waals surface area contributed by atoms with Gasteiger partial charge in [0.2, 0.25) is 0 Å². The molecule has 3 heteroatoms. The second kappa shape index (κ2) is 5.99. The Morgan fingerprint density at radius 1 is 1.19 bits per heavy atom. The van der Waals surface area contributed by atoms with E-state index in [1.165, 1.54) is 19.5 Å². The number of hydrogen-bond donors (Lipinski definition) is 1. The summed E-state index contributed by atoms with van der Waals surface area (Å²) < 4.78 is 0. The van der Waals surface area contributed by atoms with E-state index in [1.54, 1.807) is 0 Å². The normalized spacial score (nSPS) is 32.6. The smallest absolute Gasteiger partial charge is 0.0195 e. The van der Waals surface area contributed by atoms with E-state index in [2.05, 4.69) is 49.9 Å². The number of rotatable bonds is 4. The molecule has 16 heavy (non-hydrogen) atoms. The average molecular weight is 227 g/mol. The van der Waals surface area contributed by atoms with Crippen molar-refractivity contribution in [3.8, 4) is 0 Å². The van der Waals surface area contributed by atoms with Gasteiger partial charge in [-0.25, -0.2) is 0 Å². The Balaban J connectivity index is 2.48. The van der Waals surface area contributed by atoms with Crippen molar-refractivity contribution < 1.29 is 0 Å². The van der Waals surface area contributed by atoms with Crippen molar-refractivity contribution in [3.63, 3.8) is 0 Å². The van der Waals surface area contributed by atoms with Crippen molar-refractivity contribution in [2.45, 2.75) is 58.3 Å². The van der Waals surface area contributed by atoms with Gasteiger partial charge in [0.15, 0.2) is 0 Å². The lowest BCUT2D eigenvalue weighted by atomic mass is 10.0. The fourth-order valence-corrected chi connectivity index (χ4v) is 2.58. The summed E-state index contributed by atoms with van der Waals surface area (Å²) in [6, 6.07) is 2.65. The first-order valence-electron chi connectivity index (χ1n) is 6.59. The molecule has 1 N–H and O–H groups in total. The number of likely N-dealkylation sites (N-methyl/N-ethyl adjacent to an activating group) is 1. The van der Waals surface area contributed by atoms with Crippen LogP contribution in [0.3, 0.4) is 0 Å². The molecule has 1 heterocycles. The van der Waals surface area contributed by atoms with Gasteiger partial charge in [-0.2, -0.15) is 0 Å². The molecule has 4 atom stereocenters. The van der Waals surface area contributed by atoms with Gasteiger partial charge in [-0.1, -0.05) is 0 Å². The quantitative estimate of drug-likeness (QED) is 0.783. The Labute approximate surface area is 101 Å². The van der Waals surface area contributed by atoms with Crippen LogP contribution in [0, 0.1) is 0 Å². The number of nitrogens with one attached hydrogen (secondary N) is 1. The van der Waals surface area contributed by atoms with Crippen molar-refractivity contribution in [3.05, 3.63) is 0 Å². The van der Waals surface area contributed by atoms with Crippen LogP contribution in [0.1, 0.15) is 34.1 Å². The van der Waals surface area contributed by atoms with E-state index in [0.717, 1.165) is 0 Å². The SMILES string of the molecule is CNC(C)CC(C)N1CC(C)N(C)C(C)C1. The first-order valence-corrected chi connectivity index (χ1v) is 6.59. The molecule has 0 aromatic rings. The third kappa shape index (κ3) is 3.44. The molecule has 0 amide bonds. The van der Waals surface area contributed by atoms with Gasteiger partial charge in [0.25, 0.3) is 0 Å². The van der Waals surface area contributed by atoms with Crippen LogP contribution in [0.2, 0.25) is 0 Å². The molecule has 1 saturated heterocycles. The zero-order chi connectivity index (χ0) is 12.3. The Bertz CT molecular complexity index is 195. The van der Waals surface area contributed by atoms with Crippen LogP contribution in [0.5, 0.6) is 0 Å². The van der Waals surface area contributed by atoms with Crippen molar-refractivity contribution in [2.24, 2.45) is 0 Å². The maximum absolute atomic E-state index is 3.33. The third-order valence-electron chi connectivity index (χ3n) is 4.20. The minimum Gasteiger partial charge on any atom is -0.317 e. The molecule has 1 rings (SSSR count). The Morgan fingerprint density at radius 3 is 2.12 bits per heavy atom. The summed E-state index contributed by atoms with van der Waals surface area (Å²) in [6.45, 7) is 11.7. The Morgan fingerprint density at radius 2 is 1.69 bits per heavy atom. The lowest BCUT2D eigenvalue weighted by Crippen LogP contribution is -2.57. The van der Waals surface area contributed by atoms with Gasteiger partial charge in [-0.05, 0) is 48.2 Å². The Hall–Kier alpha value is -0.120. The highest BCUT2D eigenvalue weighted by atomic mass is 15.3. The molecule has 3 nitrogen and oxygen atoms in total. The van der Waals surface area contributed by atoms with Crippen LogP contribution < -0.4 is 5.32 Å². The minimum atomic E-state index is 0.611. The van der Waals surface area contributed by atoms with E-state index in [1.807, 2.05) is 7.05 Å². The first-order chi connectivity index (χ1) is 7.45. The average Bonchev–Trinajstić information content (AvgIpc) is 2.24. The van der Waals surface area contributed by atoms with E-state index in [9.17, 15) is 0 Å². The standard InChI is InChI=1S/C13H29N3/c1-10(14-5)7-11(2)16-8-12(3)15(6)13(4)9-16/h10-14H,7-9H2,1-6H3. The third-order valence-corrected chi connectivity index (χ3v) is 4.20. The van der Waals surface area contributed by atoms with Crippen LogP contribution in [0.4, 0.5) is 0 Å². The monoisotopic (exact) mass is 227 g/mol. The summed E-state index contributed by atoms with van der Waals surface area (Å²) in [6.07, 6.45) is 1.24. The summed E-state index contributed by atoms with van der Waals surface area (Å²) in [7, 11) is 4.29. The molecule has 96 valence electrons. The highest BCUT2D eigenvalue weighted by Crippen LogP contribution is 2.17. The summed E-state index contributed by atoms with van der Waals surface area (Å²) in [5.41, 5.74) is 0. The van der Waals surface area contributed by atoms with Gasteiger partial charge in [0, 0.05) is 37.3 Å². The molecule has 1 aliphatic heterocycles. The fraction of sp³-hybridized carbons (Fsp3) is 1.00. The van der Waals surface area contributed by atoms with E-state index >= 15 is 0 Å². The summed E-state index contributed by atoms with van der Waals surface area (Å²) in [4.78, 5) is 5.13. The molecular weight excluding hydrogens is 198 g/mol. The molecule has 0 radical (unpaired) electrons. The van der Waals surface area contributed by atoms with E-state index < -0.39 is 0 Å². The summed E-state index contributed by atoms with van der Waals surface area (Å²) in [5, 5.41) is 3.33. The number of piperazine rings is 1. The molecule has 0 aliphatic carbocycles. The van der Waals surface area contributed by atoms with Gasteiger partial charge in [0.1, 0.15) is 0 Å². The van der Waals surface area contributed by atoms with Gasteiger partial charge in [0.05, 0.1) is 0 Å². The Kier molecular flexibility index (Phi) is 5.22. The minimum absolute atomic E-state index is 0.611. The lowest BCUT2D eigenvalue weighted by Gasteiger charge is -2.45. The maximum atomic E-state index is 3.33.